The molecule has 13 heteroatoms. The number of nitrogens with two attached hydrogens (primary N) is 1. The predicted molar refractivity (Wildman–Crippen MR) is 95.3 cm³/mol. The minimum atomic E-state index is -4.95. The van der Waals surface area contributed by atoms with Crippen LogP contribution in [-0.4, -0.2) is 25.9 Å². The lowest BCUT2D eigenvalue weighted by molar-refractivity contribution is 0.382. The molecule has 0 aromatic heterocycles. The SMILES string of the molecule is Cc1cc(N=Nc2ccc(OS(=O)(=O)O)cc2OS(=O)(=O)O)c(C)cc1N. The van der Waals surface area contributed by atoms with E-state index in [9.17, 15) is 16.8 Å². The second-order valence-electron chi connectivity index (χ2n) is 5.35. The molecule has 2 rings (SSSR count). The highest BCUT2D eigenvalue weighted by molar-refractivity contribution is 7.81. The maximum Gasteiger partial charge on any atom is 0.446 e. The van der Waals surface area contributed by atoms with Gasteiger partial charge in [0.1, 0.15) is 11.4 Å². The van der Waals surface area contributed by atoms with Crippen LogP contribution in [0.25, 0.3) is 0 Å². The van der Waals surface area contributed by atoms with E-state index in [-0.39, 0.29) is 5.69 Å². The number of benzene rings is 2. The van der Waals surface area contributed by atoms with Crippen molar-refractivity contribution in [3.05, 3.63) is 41.5 Å². The fourth-order valence-electron chi connectivity index (χ4n) is 1.97. The van der Waals surface area contributed by atoms with Crippen molar-refractivity contribution in [3.8, 4) is 11.5 Å². The van der Waals surface area contributed by atoms with Gasteiger partial charge in [0.05, 0.1) is 5.69 Å². The number of nitrogen functional groups attached to an aromatic ring is 1. The molecule has 0 fully saturated rings. The van der Waals surface area contributed by atoms with E-state index in [1.54, 1.807) is 26.0 Å². The van der Waals surface area contributed by atoms with E-state index in [2.05, 4.69) is 18.6 Å². The maximum atomic E-state index is 11.0. The third-order valence-electron chi connectivity index (χ3n) is 3.18. The van der Waals surface area contributed by atoms with Gasteiger partial charge in [-0.05, 0) is 49.2 Å². The van der Waals surface area contributed by atoms with Crippen LogP contribution in [-0.2, 0) is 20.8 Å². The van der Waals surface area contributed by atoms with Crippen molar-refractivity contribution < 1.29 is 34.3 Å². The Hall–Kier alpha value is -2.74. The smallest absolute Gasteiger partial charge is 0.399 e. The van der Waals surface area contributed by atoms with E-state index in [0.717, 1.165) is 23.8 Å². The van der Waals surface area contributed by atoms with E-state index in [0.29, 0.717) is 16.9 Å². The Morgan fingerprint density at radius 3 is 2.04 bits per heavy atom. The summed E-state index contributed by atoms with van der Waals surface area (Å²) in [5.41, 5.74) is 8.08. The summed E-state index contributed by atoms with van der Waals surface area (Å²) in [5.74, 6) is -1.05. The highest BCUT2D eigenvalue weighted by Gasteiger charge is 2.16. The summed E-state index contributed by atoms with van der Waals surface area (Å²) in [6.07, 6.45) is 0. The molecule has 4 N–H and O–H groups in total. The molecule has 0 aliphatic carbocycles. The first kappa shape index (κ1) is 20.6. The third-order valence-corrected chi connectivity index (χ3v) is 3.97. The number of rotatable bonds is 6. The number of azo groups is 1. The first-order valence-corrected chi connectivity index (χ1v) is 9.83. The molecular formula is C14H15N3O8S2. The molecule has 0 bridgehead atoms. The predicted octanol–water partition coefficient (Wildman–Crippen LogP) is 2.66. The molecule has 27 heavy (non-hydrogen) atoms. The van der Waals surface area contributed by atoms with Crippen LogP contribution in [0.2, 0.25) is 0 Å². The molecule has 0 spiro atoms. The first-order chi connectivity index (χ1) is 12.3. The van der Waals surface area contributed by atoms with Crippen LogP contribution in [0.1, 0.15) is 11.1 Å². The van der Waals surface area contributed by atoms with Crippen LogP contribution in [0.5, 0.6) is 11.5 Å². The maximum absolute atomic E-state index is 11.0. The molecule has 146 valence electrons. The van der Waals surface area contributed by atoms with Gasteiger partial charge < -0.3 is 14.1 Å². The second-order valence-corrected chi connectivity index (χ2v) is 7.39. The molecule has 0 unspecified atom stereocenters. The van der Waals surface area contributed by atoms with Crippen LogP contribution in [0.4, 0.5) is 17.1 Å². The Balaban J connectivity index is 2.47. The highest BCUT2D eigenvalue weighted by atomic mass is 32.3. The monoisotopic (exact) mass is 417 g/mol. The van der Waals surface area contributed by atoms with Crippen LogP contribution in [0.3, 0.4) is 0 Å². The summed E-state index contributed by atoms with van der Waals surface area (Å²) in [6.45, 7) is 3.50. The quantitative estimate of drug-likeness (QED) is 0.362. The summed E-state index contributed by atoms with van der Waals surface area (Å²) in [7, 11) is -9.80. The molecule has 0 atom stereocenters. The van der Waals surface area contributed by atoms with Crippen LogP contribution in [0, 0.1) is 13.8 Å². The average molecular weight is 417 g/mol. The van der Waals surface area contributed by atoms with Crippen LogP contribution in [0.15, 0.2) is 40.6 Å². The molecule has 2 aromatic rings. The van der Waals surface area contributed by atoms with Crippen LogP contribution < -0.4 is 14.1 Å². The van der Waals surface area contributed by atoms with E-state index in [4.69, 9.17) is 14.8 Å². The number of hydrogen-bond acceptors (Lipinski definition) is 9. The minimum Gasteiger partial charge on any atom is -0.399 e. The Kier molecular flexibility index (Phi) is 5.70. The zero-order valence-electron chi connectivity index (χ0n) is 14.0. The molecule has 2 aromatic carbocycles. The molecule has 0 heterocycles. The topological polar surface area (TPSA) is 178 Å². The van der Waals surface area contributed by atoms with Gasteiger partial charge in [-0.2, -0.15) is 21.9 Å². The number of nitrogens with zero attached hydrogens (tertiary/aromatic N) is 2. The Morgan fingerprint density at radius 2 is 1.44 bits per heavy atom. The fraction of sp³-hybridized carbons (Fsp3) is 0.143. The number of aryl methyl sites for hydroxylation is 2. The lowest BCUT2D eigenvalue weighted by atomic mass is 10.1. The van der Waals surface area contributed by atoms with Gasteiger partial charge in [-0.15, -0.1) is 5.11 Å². The van der Waals surface area contributed by atoms with Crippen molar-refractivity contribution in [2.45, 2.75) is 13.8 Å². The molecule has 0 saturated carbocycles. The number of anilines is 1. The molecular weight excluding hydrogens is 402 g/mol. The van der Waals surface area contributed by atoms with Gasteiger partial charge in [0.2, 0.25) is 0 Å². The third kappa shape index (κ3) is 6.18. The summed E-state index contributed by atoms with van der Waals surface area (Å²) in [4.78, 5) is 0. The van der Waals surface area contributed by atoms with Crippen molar-refractivity contribution in [1.29, 1.82) is 0 Å². The Bertz CT molecular complexity index is 1110. The summed E-state index contributed by atoms with van der Waals surface area (Å²) >= 11 is 0. The standard InChI is InChI=1S/C14H15N3O8S2/c1-8-6-13(9(2)5-11(8)15)17-16-12-4-3-10(24-26(18,19)20)7-14(12)25-27(21,22)23/h3-7H,15H2,1-2H3,(H,18,19,20)(H,21,22,23). The minimum absolute atomic E-state index is 0.163. The zero-order valence-corrected chi connectivity index (χ0v) is 15.7. The highest BCUT2D eigenvalue weighted by Crippen LogP contribution is 2.35. The number of hydrogen-bond donors (Lipinski definition) is 3. The molecule has 0 radical (unpaired) electrons. The molecule has 0 aliphatic heterocycles. The van der Waals surface area contributed by atoms with E-state index in [1.165, 1.54) is 0 Å². The summed E-state index contributed by atoms with van der Waals surface area (Å²) in [5, 5.41) is 7.82. The van der Waals surface area contributed by atoms with Crippen molar-refractivity contribution >= 4 is 37.9 Å². The summed E-state index contributed by atoms with van der Waals surface area (Å²) in [6, 6.07) is 6.32. The molecule has 0 amide bonds. The average Bonchev–Trinajstić information content (AvgIpc) is 2.48. The largest absolute Gasteiger partial charge is 0.446 e. The van der Waals surface area contributed by atoms with Crippen molar-refractivity contribution in [2.24, 2.45) is 10.2 Å². The molecule has 0 aliphatic rings. The van der Waals surface area contributed by atoms with Gasteiger partial charge in [0.15, 0.2) is 5.75 Å². The van der Waals surface area contributed by atoms with E-state index >= 15 is 0 Å². The molecule has 0 saturated heterocycles. The Labute approximate surface area is 155 Å². The van der Waals surface area contributed by atoms with Crippen molar-refractivity contribution in [2.75, 3.05) is 5.73 Å². The van der Waals surface area contributed by atoms with Crippen LogP contribution >= 0.6 is 0 Å². The van der Waals surface area contributed by atoms with E-state index in [1.807, 2.05) is 0 Å². The van der Waals surface area contributed by atoms with Gasteiger partial charge in [-0.1, -0.05) is 0 Å². The van der Waals surface area contributed by atoms with Gasteiger partial charge in [-0.3, -0.25) is 9.11 Å². The van der Waals surface area contributed by atoms with Gasteiger partial charge >= 0.3 is 20.8 Å². The van der Waals surface area contributed by atoms with Gasteiger partial charge in [0, 0.05) is 11.8 Å². The van der Waals surface area contributed by atoms with E-state index < -0.39 is 32.3 Å². The normalized spacial score (nSPS) is 12.3. The van der Waals surface area contributed by atoms with Crippen molar-refractivity contribution in [1.82, 2.24) is 0 Å². The lowest BCUT2D eigenvalue weighted by Gasteiger charge is -2.08. The van der Waals surface area contributed by atoms with Crippen molar-refractivity contribution in [3.63, 3.8) is 0 Å². The first-order valence-electron chi connectivity index (χ1n) is 7.10. The van der Waals surface area contributed by atoms with Gasteiger partial charge in [-0.25, -0.2) is 0 Å². The molecule has 11 nitrogen and oxygen atoms in total. The summed E-state index contributed by atoms with van der Waals surface area (Å²) < 4.78 is 69.6. The zero-order chi connectivity index (χ0) is 20.4. The van der Waals surface area contributed by atoms with Gasteiger partial charge in [0.25, 0.3) is 0 Å². The second kappa shape index (κ2) is 7.48. The fourth-order valence-corrected chi connectivity index (χ4v) is 2.68. The lowest BCUT2D eigenvalue weighted by Crippen LogP contribution is -2.08. The Morgan fingerprint density at radius 1 is 0.852 bits per heavy atom.